The lowest BCUT2D eigenvalue weighted by atomic mass is 10.1. The van der Waals surface area contributed by atoms with E-state index in [1.54, 1.807) is 11.3 Å². The Morgan fingerprint density at radius 1 is 1.33 bits per heavy atom. The van der Waals surface area contributed by atoms with Gasteiger partial charge in [-0.2, -0.15) is 0 Å². The van der Waals surface area contributed by atoms with Crippen molar-refractivity contribution in [2.75, 3.05) is 42.6 Å². The van der Waals surface area contributed by atoms with Crippen LogP contribution in [-0.4, -0.2) is 61.9 Å². The number of carbonyl (C=O) groups excluding carboxylic acids is 1. The number of rotatable bonds is 2. The van der Waals surface area contributed by atoms with Crippen molar-refractivity contribution in [3.8, 4) is 0 Å². The third-order valence-electron chi connectivity index (χ3n) is 4.05. The van der Waals surface area contributed by atoms with E-state index in [0.29, 0.717) is 19.5 Å². The smallest absolute Gasteiger partial charge is 0.226 e. The number of thiazole rings is 1. The molecule has 1 aromatic heterocycles. The van der Waals surface area contributed by atoms with Crippen molar-refractivity contribution in [3.63, 3.8) is 0 Å². The fourth-order valence-corrected chi connectivity index (χ4v) is 5.44. The molecule has 2 aliphatic rings. The van der Waals surface area contributed by atoms with Crippen LogP contribution in [0.4, 0.5) is 5.13 Å². The normalized spacial score (nSPS) is 25.3. The maximum Gasteiger partial charge on any atom is 0.226 e. The molecule has 1 aromatic rings. The van der Waals surface area contributed by atoms with Gasteiger partial charge in [0.1, 0.15) is 0 Å². The van der Waals surface area contributed by atoms with E-state index < -0.39 is 9.84 Å². The van der Waals surface area contributed by atoms with Crippen molar-refractivity contribution in [1.82, 2.24) is 9.88 Å². The molecule has 2 saturated heterocycles. The molecule has 116 valence electrons. The highest BCUT2D eigenvalue weighted by Gasteiger charge is 2.36. The maximum absolute atomic E-state index is 12.4. The summed E-state index contributed by atoms with van der Waals surface area (Å²) in [6.07, 6.45) is 0.479. The second kappa shape index (κ2) is 5.57. The van der Waals surface area contributed by atoms with E-state index in [9.17, 15) is 13.2 Å². The molecule has 0 radical (unpaired) electrons. The van der Waals surface area contributed by atoms with Gasteiger partial charge in [0.15, 0.2) is 15.0 Å². The van der Waals surface area contributed by atoms with Crippen molar-refractivity contribution in [2.45, 2.75) is 13.3 Å². The molecule has 2 fully saturated rings. The first-order valence-corrected chi connectivity index (χ1v) is 9.81. The summed E-state index contributed by atoms with van der Waals surface area (Å²) in [6.45, 7) is 4.79. The second-order valence-electron chi connectivity index (χ2n) is 5.68. The summed E-state index contributed by atoms with van der Waals surface area (Å²) < 4.78 is 23.0. The number of anilines is 1. The molecule has 3 heterocycles. The van der Waals surface area contributed by atoms with Crippen LogP contribution in [0.2, 0.25) is 0 Å². The molecule has 0 N–H and O–H groups in total. The van der Waals surface area contributed by atoms with Crippen molar-refractivity contribution < 1.29 is 13.2 Å². The number of aryl methyl sites for hydroxylation is 1. The highest BCUT2D eigenvalue weighted by Crippen LogP contribution is 2.24. The molecular formula is C13H19N3O3S2. The molecule has 21 heavy (non-hydrogen) atoms. The van der Waals surface area contributed by atoms with E-state index in [-0.39, 0.29) is 23.3 Å². The van der Waals surface area contributed by atoms with E-state index in [1.807, 2.05) is 17.2 Å². The minimum Gasteiger partial charge on any atom is -0.345 e. The summed E-state index contributed by atoms with van der Waals surface area (Å²) in [6, 6.07) is 0. The Labute approximate surface area is 128 Å². The number of piperazine rings is 1. The average Bonchev–Trinajstić information content (AvgIpc) is 3.04. The minimum absolute atomic E-state index is 0.00560. The topological polar surface area (TPSA) is 70.6 Å². The number of hydrogen-bond acceptors (Lipinski definition) is 6. The number of amides is 1. The van der Waals surface area contributed by atoms with Crippen LogP contribution >= 0.6 is 11.3 Å². The molecule has 2 aliphatic heterocycles. The fraction of sp³-hybridized carbons (Fsp3) is 0.692. The second-order valence-corrected chi connectivity index (χ2v) is 8.75. The van der Waals surface area contributed by atoms with Crippen molar-refractivity contribution in [1.29, 1.82) is 0 Å². The minimum atomic E-state index is -3.00. The Morgan fingerprint density at radius 3 is 2.57 bits per heavy atom. The Kier molecular flexibility index (Phi) is 3.92. The van der Waals surface area contributed by atoms with Crippen molar-refractivity contribution in [2.24, 2.45) is 5.92 Å². The van der Waals surface area contributed by atoms with Crippen LogP contribution in [0, 0.1) is 12.8 Å². The summed E-state index contributed by atoms with van der Waals surface area (Å²) in [5.74, 6) is -0.144. The van der Waals surface area contributed by atoms with Gasteiger partial charge >= 0.3 is 0 Å². The molecule has 0 unspecified atom stereocenters. The molecule has 6 nitrogen and oxygen atoms in total. The first kappa shape index (κ1) is 14.8. The van der Waals surface area contributed by atoms with Gasteiger partial charge in [-0.05, 0) is 13.3 Å². The SMILES string of the molecule is Cc1csc(N2CCN(C(=O)[C@H]3CCS(=O)(=O)C3)CC2)n1. The summed E-state index contributed by atoms with van der Waals surface area (Å²) in [5.41, 5.74) is 1.02. The predicted octanol–water partition coefficient (Wildman–Crippen LogP) is 0.535. The van der Waals surface area contributed by atoms with Gasteiger partial charge in [-0.1, -0.05) is 0 Å². The highest BCUT2D eigenvalue weighted by atomic mass is 32.2. The van der Waals surface area contributed by atoms with Gasteiger partial charge in [0.05, 0.1) is 23.1 Å². The third kappa shape index (κ3) is 3.21. The lowest BCUT2D eigenvalue weighted by Gasteiger charge is -2.35. The van der Waals surface area contributed by atoms with Gasteiger partial charge in [-0.3, -0.25) is 4.79 Å². The lowest BCUT2D eigenvalue weighted by Crippen LogP contribution is -2.50. The van der Waals surface area contributed by atoms with Gasteiger partial charge in [0, 0.05) is 31.6 Å². The molecule has 0 bridgehead atoms. The summed E-state index contributed by atoms with van der Waals surface area (Å²) in [7, 11) is -3.00. The van der Waals surface area contributed by atoms with E-state index in [2.05, 4.69) is 9.88 Å². The zero-order valence-electron chi connectivity index (χ0n) is 12.0. The first-order valence-electron chi connectivity index (χ1n) is 7.11. The standard InChI is InChI=1S/C13H19N3O3S2/c1-10-8-20-13(14-10)16-5-3-15(4-6-16)12(17)11-2-7-21(18,19)9-11/h8,11H,2-7,9H2,1H3/t11-/m0/s1. The lowest BCUT2D eigenvalue weighted by molar-refractivity contribution is -0.135. The monoisotopic (exact) mass is 329 g/mol. The van der Waals surface area contributed by atoms with Gasteiger partial charge < -0.3 is 9.80 Å². The molecule has 3 rings (SSSR count). The van der Waals surface area contributed by atoms with Crippen LogP contribution in [0.25, 0.3) is 0 Å². The number of nitrogens with zero attached hydrogens (tertiary/aromatic N) is 3. The maximum atomic E-state index is 12.4. The Morgan fingerprint density at radius 2 is 2.05 bits per heavy atom. The summed E-state index contributed by atoms with van der Waals surface area (Å²) in [4.78, 5) is 20.8. The number of hydrogen-bond donors (Lipinski definition) is 0. The molecule has 0 saturated carbocycles. The van der Waals surface area contributed by atoms with E-state index in [0.717, 1.165) is 23.9 Å². The van der Waals surface area contributed by atoms with Gasteiger partial charge in [-0.25, -0.2) is 13.4 Å². The van der Waals surface area contributed by atoms with Gasteiger partial charge in [0.2, 0.25) is 5.91 Å². The molecular weight excluding hydrogens is 310 g/mol. The molecule has 0 spiro atoms. The molecule has 8 heteroatoms. The summed E-state index contributed by atoms with van der Waals surface area (Å²) >= 11 is 1.62. The Bertz CT molecular complexity index is 633. The van der Waals surface area contributed by atoms with Crippen LogP contribution in [0.3, 0.4) is 0 Å². The molecule has 1 amide bonds. The Hall–Kier alpha value is -1.15. The largest absolute Gasteiger partial charge is 0.345 e. The Balaban J connectivity index is 1.57. The van der Waals surface area contributed by atoms with E-state index >= 15 is 0 Å². The number of aromatic nitrogens is 1. The zero-order chi connectivity index (χ0) is 15.0. The van der Waals surface area contributed by atoms with E-state index in [4.69, 9.17) is 0 Å². The van der Waals surface area contributed by atoms with E-state index in [1.165, 1.54) is 0 Å². The van der Waals surface area contributed by atoms with Crippen LogP contribution in [0.15, 0.2) is 5.38 Å². The van der Waals surface area contributed by atoms with Crippen LogP contribution < -0.4 is 4.90 Å². The third-order valence-corrected chi connectivity index (χ3v) is 6.84. The van der Waals surface area contributed by atoms with Crippen molar-refractivity contribution in [3.05, 3.63) is 11.1 Å². The quantitative estimate of drug-likeness (QED) is 0.792. The highest BCUT2D eigenvalue weighted by molar-refractivity contribution is 7.91. The van der Waals surface area contributed by atoms with Crippen LogP contribution in [0.5, 0.6) is 0 Å². The average molecular weight is 329 g/mol. The number of carbonyl (C=O) groups is 1. The van der Waals surface area contributed by atoms with Gasteiger partial charge in [-0.15, -0.1) is 11.3 Å². The molecule has 1 atom stereocenters. The zero-order valence-corrected chi connectivity index (χ0v) is 13.6. The number of sulfone groups is 1. The molecule has 0 aliphatic carbocycles. The van der Waals surface area contributed by atoms with Crippen LogP contribution in [0.1, 0.15) is 12.1 Å². The van der Waals surface area contributed by atoms with Crippen LogP contribution in [-0.2, 0) is 14.6 Å². The fourth-order valence-electron chi connectivity index (χ4n) is 2.85. The first-order chi connectivity index (χ1) is 9.94. The summed E-state index contributed by atoms with van der Waals surface area (Å²) in [5, 5.41) is 3.03. The van der Waals surface area contributed by atoms with Crippen molar-refractivity contribution >= 4 is 32.2 Å². The molecule has 0 aromatic carbocycles. The van der Waals surface area contributed by atoms with Gasteiger partial charge in [0.25, 0.3) is 0 Å². The predicted molar refractivity (Wildman–Crippen MR) is 82.4 cm³/mol.